The summed E-state index contributed by atoms with van der Waals surface area (Å²) in [5, 5.41) is 0. The lowest BCUT2D eigenvalue weighted by molar-refractivity contribution is 0.490. The largest absolute Gasteiger partial charge is 0.321 e. The van der Waals surface area contributed by atoms with Gasteiger partial charge in [0.25, 0.3) is 0 Å². The van der Waals surface area contributed by atoms with E-state index in [1.165, 1.54) is 0 Å². The van der Waals surface area contributed by atoms with E-state index in [1.54, 1.807) is 12.4 Å². The van der Waals surface area contributed by atoms with E-state index in [4.69, 9.17) is 5.73 Å². The number of hydrogen-bond acceptors (Lipinski definition) is 3. The van der Waals surface area contributed by atoms with Gasteiger partial charge in [0, 0.05) is 12.4 Å². The van der Waals surface area contributed by atoms with Gasteiger partial charge in [-0.05, 0) is 18.4 Å². The number of aromatic nitrogens is 2. The maximum Gasteiger partial charge on any atom is 0.145 e. The lowest BCUT2D eigenvalue weighted by atomic mass is 10.1. The predicted octanol–water partition coefficient (Wildman–Crippen LogP) is 1.44. The minimum absolute atomic E-state index is 0.0504. The smallest absolute Gasteiger partial charge is 0.145 e. The third kappa shape index (κ3) is 2.01. The zero-order valence-electron chi connectivity index (χ0n) is 7.78. The molecule has 0 fully saturated rings. The summed E-state index contributed by atoms with van der Waals surface area (Å²) in [4.78, 5) is 8.33. The Morgan fingerprint density at radius 2 is 1.75 bits per heavy atom. The van der Waals surface area contributed by atoms with Crippen molar-refractivity contribution < 1.29 is 0 Å². The van der Waals surface area contributed by atoms with Crippen molar-refractivity contribution in [1.82, 2.24) is 9.97 Å². The molecule has 0 spiro atoms. The van der Waals surface area contributed by atoms with Crippen LogP contribution < -0.4 is 5.73 Å². The monoisotopic (exact) mass is 165 g/mol. The molecule has 3 nitrogen and oxygen atoms in total. The molecule has 0 bridgehead atoms. The van der Waals surface area contributed by atoms with Crippen molar-refractivity contribution in [3.05, 3.63) is 23.8 Å². The van der Waals surface area contributed by atoms with Crippen LogP contribution in [0.3, 0.4) is 0 Å². The van der Waals surface area contributed by atoms with E-state index >= 15 is 0 Å². The summed E-state index contributed by atoms with van der Waals surface area (Å²) in [7, 11) is 0. The van der Waals surface area contributed by atoms with Gasteiger partial charge in [-0.15, -0.1) is 0 Å². The van der Waals surface area contributed by atoms with Crippen molar-refractivity contribution in [3.63, 3.8) is 0 Å². The van der Waals surface area contributed by atoms with Gasteiger partial charge in [-0.3, -0.25) is 0 Å². The first-order chi connectivity index (χ1) is 5.61. The molecule has 1 heterocycles. The maximum atomic E-state index is 5.86. The molecule has 1 atom stereocenters. The molecule has 0 amide bonds. The molecule has 0 aliphatic rings. The van der Waals surface area contributed by atoms with Crippen LogP contribution in [0.1, 0.15) is 31.3 Å². The fourth-order valence-corrected chi connectivity index (χ4v) is 0.873. The van der Waals surface area contributed by atoms with Crippen LogP contribution in [0.4, 0.5) is 0 Å². The Kier molecular flexibility index (Phi) is 2.76. The van der Waals surface area contributed by atoms with Gasteiger partial charge in [0.15, 0.2) is 0 Å². The zero-order chi connectivity index (χ0) is 9.14. The SMILES string of the molecule is Cc1cnc(C(N)C(C)C)nc1. The van der Waals surface area contributed by atoms with Gasteiger partial charge < -0.3 is 5.73 Å². The van der Waals surface area contributed by atoms with Crippen LogP contribution in [0.2, 0.25) is 0 Å². The lowest BCUT2D eigenvalue weighted by Crippen LogP contribution is -2.19. The van der Waals surface area contributed by atoms with Gasteiger partial charge in [0.05, 0.1) is 6.04 Å². The molecule has 0 aliphatic heterocycles. The lowest BCUT2D eigenvalue weighted by Gasteiger charge is -2.13. The van der Waals surface area contributed by atoms with Crippen LogP contribution in [0.25, 0.3) is 0 Å². The normalized spacial score (nSPS) is 13.4. The molecule has 0 radical (unpaired) electrons. The molecule has 0 saturated carbocycles. The molecular formula is C9H15N3. The molecule has 1 unspecified atom stereocenters. The summed E-state index contributed by atoms with van der Waals surface area (Å²) in [6, 6.07) is -0.0504. The first kappa shape index (κ1) is 9.13. The Balaban J connectivity index is 2.82. The van der Waals surface area contributed by atoms with Crippen LogP contribution >= 0.6 is 0 Å². The molecular weight excluding hydrogens is 150 g/mol. The fourth-order valence-electron chi connectivity index (χ4n) is 0.873. The van der Waals surface area contributed by atoms with E-state index in [2.05, 4.69) is 23.8 Å². The van der Waals surface area contributed by atoms with Gasteiger partial charge in [-0.25, -0.2) is 9.97 Å². The summed E-state index contributed by atoms with van der Waals surface area (Å²) < 4.78 is 0. The minimum atomic E-state index is -0.0504. The molecule has 1 aromatic heterocycles. The zero-order valence-corrected chi connectivity index (χ0v) is 7.78. The average Bonchev–Trinajstić information content (AvgIpc) is 2.04. The topological polar surface area (TPSA) is 51.8 Å². The van der Waals surface area contributed by atoms with E-state index in [1.807, 2.05) is 6.92 Å². The molecule has 0 aliphatic carbocycles. The molecule has 66 valence electrons. The highest BCUT2D eigenvalue weighted by molar-refractivity contribution is 5.04. The van der Waals surface area contributed by atoms with E-state index < -0.39 is 0 Å². The highest BCUT2D eigenvalue weighted by Gasteiger charge is 2.12. The van der Waals surface area contributed by atoms with Gasteiger partial charge in [-0.1, -0.05) is 13.8 Å². The van der Waals surface area contributed by atoms with Gasteiger partial charge in [-0.2, -0.15) is 0 Å². The van der Waals surface area contributed by atoms with E-state index in [0.717, 1.165) is 11.4 Å². The maximum absolute atomic E-state index is 5.86. The highest BCUT2D eigenvalue weighted by atomic mass is 14.9. The van der Waals surface area contributed by atoms with Crippen LogP contribution in [0, 0.1) is 12.8 Å². The number of aryl methyl sites for hydroxylation is 1. The third-order valence-corrected chi connectivity index (χ3v) is 1.82. The second-order valence-corrected chi connectivity index (χ2v) is 3.39. The summed E-state index contributed by atoms with van der Waals surface area (Å²) in [6.07, 6.45) is 3.59. The number of rotatable bonds is 2. The van der Waals surface area contributed by atoms with Gasteiger partial charge in [0.1, 0.15) is 5.82 Å². The van der Waals surface area contributed by atoms with Crippen molar-refractivity contribution in [3.8, 4) is 0 Å². The van der Waals surface area contributed by atoms with Gasteiger partial charge in [0.2, 0.25) is 0 Å². The number of hydrogen-bond donors (Lipinski definition) is 1. The van der Waals surface area contributed by atoms with Crippen molar-refractivity contribution in [2.45, 2.75) is 26.8 Å². The average molecular weight is 165 g/mol. The molecule has 1 rings (SSSR count). The molecule has 3 heteroatoms. The standard InChI is InChI=1S/C9H15N3/c1-6(2)8(10)9-11-4-7(3)5-12-9/h4-6,8H,10H2,1-3H3. The van der Waals surface area contributed by atoms with E-state index in [9.17, 15) is 0 Å². The Bertz CT molecular complexity index is 240. The Morgan fingerprint density at radius 3 is 2.17 bits per heavy atom. The van der Waals surface area contributed by atoms with E-state index in [-0.39, 0.29) is 6.04 Å². The molecule has 1 aromatic rings. The van der Waals surface area contributed by atoms with Crippen molar-refractivity contribution >= 4 is 0 Å². The Hall–Kier alpha value is -0.960. The molecule has 2 N–H and O–H groups in total. The van der Waals surface area contributed by atoms with E-state index in [0.29, 0.717) is 5.92 Å². The highest BCUT2D eigenvalue weighted by Crippen LogP contribution is 2.13. The Morgan fingerprint density at radius 1 is 1.25 bits per heavy atom. The molecule has 12 heavy (non-hydrogen) atoms. The second-order valence-electron chi connectivity index (χ2n) is 3.39. The Labute approximate surface area is 73.0 Å². The second kappa shape index (κ2) is 3.63. The predicted molar refractivity (Wildman–Crippen MR) is 48.5 cm³/mol. The number of nitrogens with two attached hydrogens (primary N) is 1. The molecule has 0 saturated heterocycles. The quantitative estimate of drug-likeness (QED) is 0.721. The first-order valence-electron chi connectivity index (χ1n) is 4.15. The van der Waals surface area contributed by atoms with Crippen LogP contribution in [-0.2, 0) is 0 Å². The third-order valence-electron chi connectivity index (χ3n) is 1.82. The van der Waals surface area contributed by atoms with Crippen LogP contribution in [0.5, 0.6) is 0 Å². The fraction of sp³-hybridized carbons (Fsp3) is 0.556. The van der Waals surface area contributed by atoms with Crippen LogP contribution in [0.15, 0.2) is 12.4 Å². The molecule has 0 aromatic carbocycles. The summed E-state index contributed by atoms with van der Waals surface area (Å²) in [5.41, 5.74) is 6.93. The summed E-state index contributed by atoms with van der Waals surface area (Å²) >= 11 is 0. The summed E-state index contributed by atoms with van der Waals surface area (Å²) in [5.74, 6) is 1.11. The van der Waals surface area contributed by atoms with Crippen molar-refractivity contribution in [2.24, 2.45) is 11.7 Å². The van der Waals surface area contributed by atoms with Gasteiger partial charge >= 0.3 is 0 Å². The minimum Gasteiger partial charge on any atom is -0.321 e. The van der Waals surface area contributed by atoms with Crippen LogP contribution in [-0.4, -0.2) is 9.97 Å². The van der Waals surface area contributed by atoms with Crippen molar-refractivity contribution in [2.75, 3.05) is 0 Å². The summed E-state index contributed by atoms with van der Waals surface area (Å²) in [6.45, 7) is 6.09. The first-order valence-corrected chi connectivity index (χ1v) is 4.15. The number of nitrogens with zero attached hydrogens (tertiary/aromatic N) is 2. The van der Waals surface area contributed by atoms with Crippen molar-refractivity contribution in [1.29, 1.82) is 0 Å².